The van der Waals surface area contributed by atoms with Crippen molar-refractivity contribution in [3.8, 4) is 0 Å². The number of alkyl halides is 3. The normalized spacial score (nSPS) is 17.6. The Bertz CT molecular complexity index is 487. The first-order chi connectivity index (χ1) is 9.86. The highest BCUT2D eigenvalue weighted by Gasteiger charge is 2.31. The van der Waals surface area contributed by atoms with Gasteiger partial charge in [-0.05, 0) is 18.6 Å². The van der Waals surface area contributed by atoms with Crippen LogP contribution in [-0.2, 0) is 6.18 Å². The Morgan fingerprint density at radius 1 is 1.24 bits per heavy atom. The Morgan fingerprint density at radius 2 is 2.00 bits per heavy atom. The molecule has 1 saturated heterocycles. The molecule has 0 amide bonds. The monoisotopic (exact) mass is 363 g/mol. The molecule has 0 spiro atoms. The maximum Gasteiger partial charge on any atom is 0.417 e. The topological polar surface area (TPSA) is 19.4 Å². The third kappa shape index (κ3) is 4.71. The average molecular weight is 364 g/mol. The molecule has 0 N–H and O–H groups in total. The van der Waals surface area contributed by atoms with Crippen LogP contribution in [0.3, 0.4) is 0 Å². The van der Waals surface area contributed by atoms with E-state index in [0.29, 0.717) is 5.82 Å². The molecular formula is C14H17BrF3N3. The van der Waals surface area contributed by atoms with Crippen molar-refractivity contribution in [2.75, 3.05) is 37.6 Å². The van der Waals surface area contributed by atoms with E-state index >= 15 is 0 Å². The maximum absolute atomic E-state index is 12.5. The fourth-order valence-electron chi connectivity index (χ4n) is 2.34. The second-order valence-corrected chi connectivity index (χ2v) is 6.16. The predicted octanol–water partition coefficient (Wildman–Crippen LogP) is 3.52. The molecule has 0 bridgehead atoms. The Kier molecular flexibility index (Phi) is 5.27. The summed E-state index contributed by atoms with van der Waals surface area (Å²) in [6.07, 6.45) is -2.49. The van der Waals surface area contributed by atoms with Crippen LogP contribution >= 0.6 is 15.9 Å². The van der Waals surface area contributed by atoms with Crippen LogP contribution in [0.5, 0.6) is 0 Å². The van der Waals surface area contributed by atoms with E-state index in [1.165, 1.54) is 6.07 Å². The number of nitrogens with zero attached hydrogens (tertiary/aromatic N) is 3. The average Bonchev–Trinajstić information content (AvgIpc) is 2.63. The zero-order valence-corrected chi connectivity index (χ0v) is 13.1. The summed E-state index contributed by atoms with van der Waals surface area (Å²) in [5.74, 6) is 0.600. The number of hydrogen-bond donors (Lipinski definition) is 0. The second kappa shape index (κ2) is 6.79. The van der Waals surface area contributed by atoms with Gasteiger partial charge in [0, 0.05) is 43.4 Å². The lowest BCUT2D eigenvalue weighted by atomic mass is 10.2. The molecule has 0 aromatic carbocycles. The molecule has 1 aromatic heterocycles. The Morgan fingerprint density at radius 3 is 2.57 bits per heavy atom. The van der Waals surface area contributed by atoms with Crippen LogP contribution in [0.15, 0.2) is 29.4 Å². The molecule has 2 rings (SSSR count). The molecule has 1 aliphatic rings. The Balaban J connectivity index is 2.00. The van der Waals surface area contributed by atoms with Crippen LogP contribution in [0.2, 0.25) is 0 Å². The highest BCUT2D eigenvalue weighted by molar-refractivity contribution is 9.11. The molecule has 0 atom stereocenters. The van der Waals surface area contributed by atoms with Gasteiger partial charge in [0.1, 0.15) is 5.82 Å². The molecule has 7 heteroatoms. The third-order valence-electron chi connectivity index (χ3n) is 3.38. The number of hydrogen-bond acceptors (Lipinski definition) is 3. The van der Waals surface area contributed by atoms with Crippen LogP contribution in [-0.4, -0.2) is 42.6 Å². The number of aromatic nitrogens is 1. The molecular weight excluding hydrogens is 347 g/mol. The van der Waals surface area contributed by atoms with Crippen molar-refractivity contribution in [1.82, 2.24) is 9.88 Å². The quantitative estimate of drug-likeness (QED) is 0.818. The highest BCUT2D eigenvalue weighted by atomic mass is 79.9. The Hall–Kier alpha value is -1.08. The molecule has 1 aromatic rings. The summed E-state index contributed by atoms with van der Waals surface area (Å²) < 4.78 is 38.5. The van der Waals surface area contributed by atoms with Gasteiger partial charge in [0.25, 0.3) is 0 Å². The van der Waals surface area contributed by atoms with Crippen molar-refractivity contribution < 1.29 is 13.2 Å². The summed E-state index contributed by atoms with van der Waals surface area (Å²) in [5, 5.41) is 0. The first-order valence-electron chi connectivity index (χ1n) is 6.70. The van der Waals surface area contributed by atoms with E-state index in [2.05, 4.69) is 32.4 Å². The van der Waals surface area contributed by atoms with Crippen molar-refractivity contribution in [3.05, 3.63) is 35.0 Å². The van der Waals surface area contributed by atoms with E-state index in [0.717, 1.165) is 55.9 Å². The lowest BCUT2D eigenvalue weighted by molar-refractivity contribution is -0.137. The van der Waals surface area contributed by atoms with Crippen LogP contribution in [0.25, 0.3) is 0 Å². The summed E-state index contributed by atoms with van der Waals surface area (Å²) in [6, 6.07) is 2.53. The Labute approximate surface area is 130 Å². The molecule has 21 heavy (non-hydrogen) atoms. The maximum atomic E-state index is 12.5. The van der Waals surface area contributed by atoms with E-state index < -0.39 is 11.7 Å². The summed E-state index contributed by atoms with van der Waals surface area (Å²) >= 11 is 3.35. The summed E-state index contributed by atoms with van der Waals surface area (Å²) in [5.41, 5.74) is -0.710. The SMILES string of the molecule is C=C(Br)CN1CCCN(c2ccc(C(F)(F)F)cn2)CC1. The third-order valence-corrected chi connectivity index (χ3v) is 3.63. The number of anilines is 1. The van der Waals surface area contributed by atoms with Crippen molar-refractivity contribution in [2.45, 2.75) is 12.6 Å². The van der Waals surface area contributed by atoms with Gasteiger partial charge in [0.15, 0.2) is 0 Å². The predicted molar refractivity (Wildman–Crippen MR) is 80.6 cm³/mol. The fourth-order valence-corrected chi connectivity index (χ4v) is 2.70. The van der Waals surface area contributed by atoms with Gasteiger partial charge in [-0.2, -0.15) is 13.2 Å². The summed E-state index contributed by atoms with van der Waals surface area (Å²) in [7, 11) is 0. The van der Waals surface area contributed by atoms with Gasteiger partial charge in [-0.1, -0.05) is 22.5 Å². The van der Waals surface area contributed by atoms with E-state index in [1.807, 2.05) is 4.90 Å². The smallest absolute Gasteiger partial charge is 0.355 e. The fraction of sp³-hybridized carbons (Fsp3) is 0.500. The standard InChI is InChI=1S/C14H17BrF3N3/c1-11(15)10-20-5-2-6-21(8-7-20)13-4-3-12(9-19-13)14(16,17)18/h3-4,9H,1-2,5-8,10H2. The van der Waals surface area contributed by atoms with Gasteiger partial charge in [0.05, 0.1) is 5.56 Å². The first-order valence-corrected chi connectivity index (χ1v) is 7.49. The lowest BCUT2D eigenvalue weighted by Gasteiger charge is -2.22. The van der Waals surface area contributed by atoms with Crippen molar-refractivity contribution in [1.29, 1.82) is 0 Å². The summed E-state index contributed by atoms with van der Waals surface area (Å²) in [6.45, 7) is 7.95. The lowest BCUT2D eigenvalue weighted by Crippen LogP contribution is -2.31. The molecule has 0 saturated carbocycles. The van der Waals surface area contributed by atoms with Gasteiger partial charge in [-0.15, -0.1) is 0 Å². The zero-order valence-electron chi connectivity index (χ0n) is 11.5. The first kappa shape index (κ1) is 16.3. The summed E-state index contributed by atoms with van der Waals surface area (Å²) in [4.78, 5) is 8.25. The van der Waals surface area contributed by atoms with E-state index in [-0.39, 0.29) is 0 Å². The zero-order chi connectivity index (χ0) is 15.5. The molecule has 1 fully saturated rings. The minimum absolute atomic E-state index is 0.600. The van der Waals surface area contributed by atoms with Gasteiger partial charge < -0.3 is 4.90 Å². The molecule has 116 valence electrons. The van der Waals surface area contributed by atoms with Crippen molar-refractivity contribution in [2.24, 2.45) is 0 Å². The van der Waals surface area contributed by atoms with Gasteiger partial charge in [-0.3, -0.25) is 4.90 Å². The molecule has 3 nitrogen and oxygen atoms in total. The highest BCUT2D eigenvalue weighted by Crippen LogP contribution is 2.29. The second-order valence-electron chi connectivity index (χ2n) is 5.04. The molecule has 0 aliphatic carbocycles. The minimum atomic E-state index is -4.34. The van der Waals surface area contributed by atoms with E-state index in [4.69, 9.17) is 0 Å². The largest absolute Gasteiger partial charge is 0.417 e. The molecule has 0 radical (unpaired) electrons. The van der Waals surface area contributed by atoms with Crippen LogP contribution in [0.4, 0.5) is 19.0 Å². The van der Waals surface area contributed by atoms with Crippen LogP contribution in [0.1, 0.15) is 12.0 Å². The number of halogens is 4. The van der Waals surface area contributed by atoms with Gasteiger partial charge in [0.2, 0.25) is 0 Å². The van der Waals surface area contributed by atoms with E-state index in [9.17, 15) is 13.2 Å². The number of rotatable bonds is 3. The minimum Gasteiger partial charge on any atom is -0.355 e. The molecule has 1 aliphatic heterocycles. The molecule has 0 unspecified atom stereocenters. The van der Waals surface area contributed by atoms with Gasteiger partial charge in [-0.25, -0.2) is 4.98 Å². The van der Waals surface area contributed by atoms with E-state index in [1.54, 1.807) is 0 Å². The number of pyridine rings is 1. The van der Waals surface area contributed by atoms with Gasteiger partial charge >= 0.3 is 6.18 Å². The van der Waals surface area contributed by atoms with Crippen LogP contribution in [0, 0.1) is 0 Å². The molecule has 2 heterocycles. The van der Waals surface area contributed by atoms with Crippen molar-refractivity contribution >= 4 is 21.7 Å². The van der Waals surface area contributed by atoms with Crippen molar-refractivity contribution in [3.63, 3.8) is 0 Å². The van der Waals surface area contributed by atoms with Crippen LogP contribution < -0.4 is 4.90 Å².